The molecule has 2 N–H and O–H groups in total. The van der Waals surface area contributed by atoms with Gasteiger partial charge in [-0.15, -0.1) is 11.3 Å². The van der Waals surface area contributed by atoms with Gasteiger partial charge in [-0.25, -0.2) is 0 Å². The second-order valence-corrected chi connectivity index (χ2v) is 6.43. The molecule has 0 radical (unpaired) electrons. The number of aromatic amines is 1. The summed E-state index contributed by atoms with van der Waals surface area (Å²) in [6, 6.07) is 12.0. The first-order valence-electron chi connectivity index (χ1n) is 6.23. The standard InChI is InChI=1S/C15H13BrN2OS/c16-11-6-12(20-9-11)7-14(19)13-8-17-18-15(13)10-4-2-1-3-5-10/h1-6,8-9,14,19H,7H2,(H,17,18). The maximum atomic E-state index is 10.4. The van der Waals surface area contributed by atoms with Crippen molar-refractivity contribution in [1.29, 1.82) is 0 Å². The zero-order chi connectivity index (χ0) is 13.9. The van der Waals surface area contributed by atoms with Crippen molar-refractivity contribution in [2.45, 2.75) is 12.5 Å². The van der Waals surface area contributed by atoms with Crippen LogP contribution >= 0.6 is 27.3 Å². The van der Waals surface area contributed by atoms with Crippen LogP contribution in [-0.2, 0) is 6.42 Å². The third-order valence-electron chi connectivity index (χ3n) is 3.11. The van der Waals surface area contributed by atoms with Crippen LogP contribution in [0.15, 0.2) is 52.4 Å². The van der Waals surface area contributed by atoms with Gasteiger partial charge in [-0.1, -0.05) is 30.3 Å². The first-order chi connectivity index (χ1) is 9.74. The summed E-state index contributed by atoms with van der Waals surface area (Å²) in [5.41, 5.74) is 2.75. The predicted octanol–water partition coefficient (Wildman–Crippen LogP) is 4.18. The van der Waals surface area contributed by atoms with Crippen LogP contribution in [0.3, 0.4) is 0 Å². The van der Waals surface area contributed by atoms with E-state index in [1.807, 2.05) is 41.8 Å². The van der Waals surface area contributed by atoms with Gasteiger partial charge in [0.05, 0.1) is 18.0 Å². The molecule has 0 saturated heterocycles. The number of thiophene rings is 1. The molecular formula is C15H13BrN2OS. The number of aromatic nitrogens is 2. The molecule has 1 aromatic carbocycles. The third kappa shape index (κ3) is 2.85. The van der Waals surface area contributed by atoms with Gasteiger partial charge >= 0.3 is 0 Å². The first kappa shape index (κ1) is 13.5. The Hall–Kier alpha value is -1.43. The van der Waals surface area contributed by atoms with E-state index in [4.69, 9.17) is 0 Å². The Bertz CT molecular complexity index is 693. The van der Waals surface area contributed by atoms with E-state index >= 15 is 0 Å². The lowest BCUT2D eigenvalue weighted by molar-refractivity contribution is 0.180. The molecule has 3 nitrogen and oxygen atoms in total. The van der Waals surface area contributed by atoms with Gasteiger partial charge in [-0.2, -0.15) is 5.10 Å². The number of hydrogen-bond donors (Lipinski definition) is 2. The molecule has 2 heterocycles. The monoisotopic (exact) mass is 348 g/mol. The molecule has 5 heteroatoms. The van der Waals surface area contributed by atoms with Crippen molar-refractivity contribution < 1.29 is 5.11 Å². The summed E-state index contributed by atoms with van der Waals surface area (Å²) in [6.07, 6.45) is 1.74. The second-order valence-electron chi connectivity index (χ2n) is 4.52. The number of H-pyrrole nitrogens is 1. The van der Waals surface area contributed by atoms with Gasteiger partial charge in [0.15, 0.2) is 0 Å². The van der Waals surface area contributed by atoms with E-state index < -0.39 is 6.10 Å². The Kier molecular flexibility index (Phi) is 4.00. The minimum absolute atomic E-state index is 0.561. The molecule has 0 aliphatic heterocycles. The minimum atomic E-state index is -0.561. The molecule has 2 aromatic heterocycles. The van der Waals surface area contributed by atoms with Gasteiger partial charge in [-0.05, 0) is 27.6 Å². The van der Waals surface area contributed by atoms with Gasteiger partial charge in [0.1, 0.15) is 0 Å². The third-order valence-corrected chi connectivity index (χ3v) is 4.83. The molecule has 0 amide bonds. The normalized spacial score (nSPS) is 12.5. The number of aliphatic hydroxyl groups is 1. The summed E-state index contributed by atoms with van der Waals surface area (Å²) in [7, 11) is 0. The van der Waals surface area contributed by atoms with Crippen LogP contribution in [-0.4, -0.2) is 15.3 Å². The van der Waals surface area contributed by atoms with E-state index in [0.717, 1.165) is 26.2 Å². The molecule has 1 atom stereocenters. The van der Waals surface area contributed by atoms with E-state index in [1.165, 1.54) is 0 Å². The highest BCUT2D eigenvalue weighted by atomic mass is 79.9. The Morgan fingerprint density at radius 2 is 2.10 bits per heavy atom. The molecule has 0 fully saturated rings. The van der Waals surface area contributed by atoms with Gasteiger partial charge in [0.2, 0.25) is 0 Å². The van der Waals surface area contributed by atoms with Crippen LogP contribution in [0.4, 0.5) is 0 Å². The van der Waals surface area contributed by atoms with E-state index in [1.54, 1.807) is 17.5 Å². The number of benzene rings is 1. The summed E-state index contributed by atoms with van der Waals surface area (Å²) >= 11 is 5.07. The summed E-state index contributed by atoms with van der Waals surface area (Å²) in [5.74, 6) is 0. The van der Waals surface area contributed by atoms with Gasteiger partial charge in [-0.3, -0.25) is 5.10 Å². The van der Waals surface area contributed by atoms with Crippen molar-refractivity contribution in [2.75, 3.05) is 0 Å². The fourth-order valence-electron chi connectivity index (χ4n) is 2.15. The van der Waals surface area contributed by atoms with Crippen LogP contribution in [0.1, 0.15) is 16.5 Å². The predicted molar refractivity (Wildman–Crippen MR) is 84.7 cm³/mol. The zero-order valence-electron chi connectivity index (χ0n) is 10.6. The Morgan fingerprint density at radius 3 is 2.80 bits per heavy atom. The van der Waals surface area contributed by atoms with Gasteiger partial charge in [0, 0.05) is 26.7 Å². The molecule has 0 spiro atoms. The van der Waals surface area contributed by atoms with Crippen LogP contribution in [0, 0.1) is 0 Å². The highest BCUT2D eigenvalue weighted by Gasteiger charge is 2.17. The first-order valence-corrected chi connectivity index (χ1v) is 7.91. The minimum Gasteiger partial charge on any atom is -0.388 e. The number of halogens is 1. The van der Waals surface area contributed by atoms with Crippen molar-refractivity contribution >= 4 is 27.3 Å². The van der Waals surface area contributed by atoms with Gasteiger partial charge < -0.3 is 5.11 Å². The number of rotatable bonds is 4. The maximum Gasteiger partial charge on any atom is 0.0874 e. The van der Waals surface area contributed by atoms with Crippen molar-refractivity contribution in [2.24, 2.45) is 0 Å². The average Bonchev–Trinajstić information content (AvgIpc) is 3.09. The molecule has 0 bridgehead atoms. The van der Waals surface area contributed by atoms with E-state index in [9.17, 15) is 5.11 Å². The summed E-state index contributed by atoms with van der Waals surface area (Å²) in [5, 5.41) is 19.5. The van der Waals surface area contributed by atoms with Gasteiger partial charge in [0.25, 0.3) is 0 Å². The molecule has 102 valence electrons. The summed E-state index contributed by atoms with van der Waals surface area (Å²) in [4.78, 5) is 1.14. The van der Waals surface area contributed by atoms with Crippen LogP contribution in [0.25, 0.3) is 11.3 Å². The molecule has 0 aliphatic rings. The Balaban J connectivity index is 1.86. The molecular weight excluding hydrogens is 336 g/mol. The highest BCUT2D eigenvalue weighted by molar-refractivity contribution is 9.10. The SMILES string of the molecule is OC(Cc1cc(Br)cs1)c1cn[nH]c1-c1ccccc1. The molecule has 0 saturated carbocycles. The lowest BCUT2D eigenvalue weighted by atomic mass is 10.0. The lowest BCUT2D eigenvalue weighted by Gasteiger charge is -2.10. The molecule has 0 aliphatic carbocycles. The smallest absolute Gasteiger partial charge is 0.0874 e. The second kappa shape index (κ2) is 5.91. The zero-order valence-corrected chi connectivity index (χ0v) is 13.0. The summed E-state index contributed by atoms with van der Waals surface area (Å²) < 4.78 is 1.06. The topological polar surface area (TPSA) is 48.9 Å². The van der Waals surface area contributed by atoms with Crippen molar-refractivity contribution in [3.63, 3.8) is 0 Å². The van der Waals surface area contributed by atoms with E-state index in [0.29, 0.717) is 6.42 Å². The van der Waals surface area contributed by atoms with Crippen molar-refractivity contribution in [1.82, 2.24) is 10.2 Å². The number of nitrogens with zero attached hydrogens (tertiary/aromatic N) is 1. The molecule has 1 unspecified atom stereocenters. The fourth-order valence-corrected chi connectivity index (χ4v) is 3.63. The largest absolute Gasteiger partial charge is 0.388 e. The Labute approximate surface area is 129 Å². The molecule has 20 heavy (non-hydrogen) atoms. The Morgan fingerprint density at radius 1 is 1.30 bits per heavy atom. The van der Waals surface area contributed by atoms with E-state index in [-0.39, 0.29) is 0 Å². The quantitative estimate of drug-likeness (QED) is 0.743. The maximum absolute atomic E-state index is 10.4. The van der Waals surface area contributed by atoms with Crippen LogP contribution in [0.2, 0.25) is 0 Å². The molecule has 3 aromatic rings. The average molecular weight is 349 g/mol. The lowest BCUT2D eigenvalue weighted by Crippen LogP contribution is -2.01. The summed E-state index contributed by atoms with van der Waals surface area (Å²) in [6.45, 7) is 0. The van der Waals surface area contributed by atoms with Crippen molar-refractivity contribution in [3.05, 3.63) is 62.9 Å². The fraction of sp³-hybridized carbons (Fsp3) is 0.133. The number of nitrogens with one attached hydrogen (secondary N) is 1. The van der Waals surface area contributed by atoms with Crippen LogP contribution in [0.5, 0.6) is 0 Å². The number of hydrogen-bond acceptors (Lipinski definition) is 3. The molecule has 3 rings (SSSR count). The van der Waals surface area contributed by atoms with Crippen LogP contribution < -0.4 is 0 Å². The van der Waals surface area contributed by atoms with Crippen molar-refractivity contribution in [3.8, 4) is 11.3 Å². The highest BCUT2D eigenvalue weighted by Crippen LogP contribution is 2.30. The van der Waals surface area contributed by atoms with E-state index in [2.05, 4.69) is 26.1 Å². The number of aliphatic hydroxyl groups excluding tert-OH is 1.